The van der Waals surface area contributed by atoms with Gasteiger partial charge in [0.15, 0.2) is 0 Å². The van der Waals surface area contributed by atoms with Crippen LogP contribution in [0.15, 0.2) is 24.3 Å². The zero-order valence-electron chi connectivity index (χ0n) is 8.90. The van der Waals surface area contributed by atoms with Gasteiger partial charge in [0, 0.05) is 6.04 Å². The maximum absolute atomic E-state index is 10.7. The third-order valence-corrected chi connectivity index (χ3v) is 1.68. The van der Waals surface area contributed by atoms with Gasteiger partial charge in [-0.2, -0.15) is 0 Å². The summed E-state index contributed by atoms with van der Waals surface area (Å²) in [7, 11) is 0. The van der Waals surface area contributed by atoms with Crippen LogP contribution >= 0.6 is 0 Å². The minimum Gasteiger partial charge on any atom is -0.872 e. The van der Waals surface area contributed by atoms with E-state index in [2.05, 4.69) is 0 Å². The minimum atomic E-state index is -1.29. The van der Waals surface area contributed by atoms with Crippen LogP contribution in [-0.2, 0) is 11.2 Å². The van der Waals surface area contributed by atoms with Crippen molar-refractivity contribution in [2.75, 3.05) is 0 Å². The molecular weight excluding hydrogens is 248 g/mol. The molecule has 0 radical (unpaired) electrons. The largest absolute Gasteiger partial charge is 1.00 e. The predicted molar refractivity (Wildman–Crippen MR) is 42.6 cm³/mol. The molecule has 0 aliphatic heterocycles. The molecule has 0 heterocycles. The number of carbonyl (C=O) groups excluding carboxylic acids is 1. The first-order valence-corrected chi connectivity index (χ1v) is 3.82. The molecule has 0 amide bonds. The van der Waals surface area contributed by atoms with Gasteiger partial charge in [0.05, 0.1) is 5.97 Å². The van der Waals surface area contributed by atoms with Gasteiger partial charge in [0.2, 0.25) is 0 Å². The molecule has 2 N–H and O–H groups in total. The fraction of sp³-hybridized carbons (Fsp3) is 0.222. The van der Waals surface area contributed by atoms with Gasteiger partial charge in [-0.3, -0.25) is 0 Å². The third-order valence-electron chi connectivity index (χ3n) is 1.68. The summed E-state index contributed by atoms with van der Waals surface area (Å²) in [6.07, 6.45) is 0.183. The van der Waals surface area contributed by atoms with Crippen LogP contribution < -0.4 is 119 Å². The first-order chi connectivity index (χ1) is 6.09. The Morgan fingerprint density at radius 3 is 2.13 bits per heavy atom. The van der Waals surface area contributed by atoms with E-state index in [0.717, 1.165) is 5.56 Å². The maximum Gasteiger partial charge on any atom is 1.00 e. The fourth-order valence-corrected chi connectivity index (χ4v) is 0.963. The number of rotatable bonds is 3. The van der Waals surface area contributed by atoms with E-state index < -0.39 is 12.0 Å². The molecule has 0 aromatic heterocycles. The number of carbonyl (C=O) groups is 1. The van der Waals surface area contributed by atoms with Gasteiger partial charge in [-0.25, -0.2) is 0 Å². The molecule has 0 fully saturated rings. The smallest absolute Gasteiger partial charge is 0.872 e. The first kappa shape index (κ1) is 19.1. The Kier molecular flexibility index (Phi) is 12.4. The summed E-state index contributed by atoms with van der Waals surface area (Å²) < 4.78 is 0. The Hall–Kier alpha value is 1.72. The van der Waals surface area contributed by atoms with Gasteiger partial charge in [-0.15, -0.1) is 5.75 Å². The van der Waals surface area contributed by atoms with Crippen molar-refractivity contribution in [3.05, 3.63) is 29.8 Å². The molecule has 1 aromatic carbocycles. The Morgan fingerprint density at radius 2 is 1.73 bits per heavy atom. The summed E-state index contributed by atoms with van der Waals surface area (Å²) in [4.78, 5) is 10.3. The van der Waals surface area contributed by atoms with Crippen molar-refractivity contribution in [3.63, 3.8) is 0 Å². The van der Waals surface area contributed by atoms with Crippen LogP contribution in [0.1, 0.15) is 5.56 Å². The van der Waals surface area contributed by atoms with E-state index in [0.29, 0.717) is 0 Å². The molecule has 70 valence electrons. The third kappa shape index (κ3) is 7.61. The Labute approximate surface area is 173 Å². The van der Waals surface area contributed by atoms with Gasteiger partial charge < -0.3 is 20.7 Å². The van der Waals surface area contributed by atoms with E-state index in [4.69, 9.17) is 5.73 Å². The first-order valence-electron chi connectivity index (χ1n) is 3.82. The van der Waals surface area contributed by atoms with E-state index in [1.807, 2.05) is 0 Å². The molecule has 0 spiro atoms. The topological polar surface area (TPSA) is 89.2 Å². The second-order valence-electron chi connectivity index (χ2n) is 2.77. The van der Waals surface area contributed by atoms with Crippen molar-refractivity contribution in [1.29, 1.82) is 0 Å². The Morgan fingerprint density at radius 1 is 1.27 bits per heavy atom. The molecular formula is C9H9K2NO3. The summed E-state index contributed by atoms with van der Waals surface area (Å²) >= 11 is 0. The summed E-state index contributed by atoms with van der Waals surface area (Å²) in [6.45, 7) is 0. The van der Waals surface area contributed by atoms with Crippen molar-refractivity contribution in [3.8, 4) is 5.75 Å². The van der Waals surface area contributed by atoms with Crippen molar-refractivity contribution in [1.82, 2.24) is 0 Å². The number of carboxylic acid groups (broad SMARTS) is 1. The van der Waals surface area contributed by atoms with Crippen LogP contribution in [0.4, 0.5) is 0 Å². The van der Waals surface area contributed by atoms with Crippen LogP contribution in [0.25, 0.3) is 0 Å². The number of hydrogen-bond donors (Lipinski definition) is 1. The van der Waals surface area contributed by atoms with Crippen LogP contribution in [0.2, 0.25) is 0 Å². The molecule has 6 heteroatoms. The molecule has 0 saturated carbocycles. The molecule has 0 aliphatic rings. The number of benzene rings is 1. The standard InChI is InChI=1S/C9H11NO3.2K/c10-8(9(12)13)5-6-1-3-7(11)4-2-6;;/h1-4,8,11H,5,10H2,(H,12,13);;/q;2*+1/p-2/t8-;;/m0../s1. The van der Waals surface area contributed by atoms with E-state index in [9.17, 15) is 15.0 Å². The number of nitrogens with two attached hydrogens (primary N) is 1. The normalized spacial score (nSPS) is 10.7. The monoisotopic (exact) mass is 257 g/mol. The molecule has 0 unspecified atom stereocenters. The van der Waals surface area contributed by atoms with E-state index >= 15 is 0 Å². The zero-order chi connectivity index (χ0) is 9.84. The van der Waals surface area contributed by atoms with E-state index in [-0.39, 0.29) is 115 Å². The van der Waals surface area contributed by atoms with Crippen molar-refractivity contribution in [2.24, 2.45) is 5.73 Å². The van der Waals surface area contributed by atoms with Crippen molar-refractivity contribution in [2.45, 2.75) is 12.5 Å². The zero-order valence-corrected chi connectivity index (χ0v) is 15.1. The van der Waals surface area contributed by atoms with E-state index in [1.54, 1.807) is 12.1 Å². The van der Waals surface area contributed by atoms with Gasteiger partial charge in [-0.1, -0.05) is 24.3 Å². The molecule has 1 atom stereocenters. The summed E-state index contributed by atoms with van der Waals surface area (Å²) in [6, 6.07) is 4.85. The molecule has 15 heavy (non-hydrogen) atoms. The number of carboxylic acids is 1. The Balaban J connectivity index is 0. The predicted octanol–water partition coefficient (Wildman–Crippen LogP) is -7.61. The SMILES string of the molecule is N[C@@H](Cc1ccc([O-])cc1)C(=O)[O-].[K+].[K+]. The second kappa shape index (κ2) is 9.72. The van der Waals surface area contributed by atoms with Gasteiger partial charge in [0.1, 0.15) is 0 Å². The average Bonchev–Trinajstić information content (AvgIpc) is 2.08. The molecule has 1 aromatic rings. The van der Waals surface area contributed by atoms with Gasteiger partial charge >= 0.3 is 103 Å². The summed E-state index contributed by atoms with van der Waals surface area (Å²) in [5.41, 5.74) is 5.97. The summed E-state index contributed by atoms with van der Waals surface area (Å²) in [5.74, 6) is -1.39. The van der Waals surface area contributed by atoms with Crippen LogP contribution in [0, 0.1) is 0 Å². The van der Waals surface area contributed by atoms with Crippen molar-refractivity contribution >= 4 is 5.97 Å². The molecule has 1 rings (SSSR count). The second-order valence-corrected chi connectivity index (χ2v) is 2.77. The van der Waals surface area contributed by atoms with E-state index in [1.165, 1.54) is 12.1 Å². The van der Waals surface area contributed by atoms with Gasteiger partial charge in [0.25, 0.3) is 0 Å². The quantitative estimate of drug-likeness (QED) is 0.545. The molecule has 4 nitrogen and oxygen atoms in total. The summed E-state index contributed by atoms with van der Waals surface area (Å²) in [5, 5.41) is 21.0. The Bertz CT molecular complexity index is 303. The maximum atomic E-state index is 10.7. The minimum absolute atomic E-state index is 0. The molecule has 0 saturated heterocycles. The van der Waals surface area contributed by atoms with Crippen molar-refractivity contribution < 1.29 is 118 Å². The number of aliphatic carboxylic acids is 1. The van der Waals surface area contributed by atoms with Crippen LogP contribution in [0.5, 0.6) is 5.75 Å². The molecule has 0 aliphatic carbocycles. The average molecular weight is 257 g/mol. The van der Waals surface area contributed by atoms with Crippen LogP contribution in [0.3, 0.4) is 0 Å². The molecule has 0 bridgehead atoms. The fourth-order valence-electron chi connectivity index (χ4n) is 0.963. The number of hydrogen-bond acceptors (Lipinski definition) is 4. The van der Waals surface area contributed by atoms with Crippen LogP contribution in [-0.4, -0.2) is 12.0 Å². The van der Waals surface area contributed by atoms with Gasteiger partial charge in [-0.05, 0) is 12.0 Å².